The van der Waals surface area contributed by atoms with Crippen molar-refractivity contribution in [3.8, 4) is 0 Å². The lowest BCUT2D eigenvalue weighted by molar-refractivity contribution is 0.0954. The number of thiophene rings is 1. The summed E-state index contributed by atoms with van der Waals surface area (Å²) in [4.78, 5) is 20.6. The van der Waals surface area contributed by atoms with Crippen LogP contribution in [0, 0.1) is 6.92 Å². The highest BCUT2D eigenvalue weighted by Crippen LogP contribution is 2.27. The molecule has 0 aliphatic carbocycles. The molecule has 0 radical (unpaired) electrons. The van der Waals surface area contributed by atoms with Crippen molar-refractivity contribution in [1.29, 1.82) is 0 Å². The van der Waals surface area contributed by atoms with Gasteiger partial charge in [-0.25, -0.2) is 4.98 Å². The van der Waals surface area contributed by atoms with Gasteiger partial charge in [-0.2, -0.15) is 5.10 Å². The number of amides is 1. The van der Waals surface area contributed by atoms with Crippen LogP contribution in [0.15, 0.2) is 18.6 Å². The third-order valence-electron chi connectivity index (χ3n) is 2.91. The lowest BCUT2D eigenvalue weighted by atomic mass is 10.3. The zero-order valence-corrected chi connectivity index (χ0v) is 11.4. The van der Waals surface area contributed by atoms with Gasteiger partial charge in [-0.3, -0.25) is 9.48 Å². The van der Waals surface area contributed by atoms with Crippen molar-refractivity contribution in [2.75, 3.05) is 0 Å². The maximum Gasteiger partial charge on any atom is 0.261 e. The summed E-state index contributed by atoms with van der Waals surface area (Å²) < 4.78 is 1.81. The fraction of sp³-hybridized carbons (Fsp3) is 0.250. The van der Waals surface area contributed by atoms with Gasteiger partial charge in [0.1, 0.15) is 4.83 Å². The SMILES string of the molecule is Cc1nn(C)c2sc(C(=O)NCc3cnc[nH]3)cc12. The second kappa shape index (κ2) is 4.51. The van der Waals surface area contributed by atoms with Crippen LogP contribution in [0.1, 0.15) is 21.1 Å². The highest BCUT2D eigenvalue weighted by Gasteiger charge is 2.14. The standard InChI is InChI=1S/C12H13N5OS/c1-7-9-3-10(19-12(9)17(2)16-7)11(18)14-5-8-4-13-6-15-8/h3-4,6H,5H2,1-2H3,(H,13,15)(H,14,18). The van der Waals surface area contributed by atoms with Gasteiger partial charge in [-0.15, -0.1) is 11.3 Å². The first-order valence-corrected chi connectivity index (χ1v) is 6.65. The Balaban J connectivity index is 1.79. The van der Waals surface area contributed by atoms with E-state index in [1.54, 1.807) is 17.2 Å². The zero-order chi connectivity index (χ0) is 13.4. The molecule has 3 aromatic rings. The molecule has 98 valence electrons. The van der Waals surface area contributed by atoms with Crippen molar-refractivity contribution in [1.82, 2.24) is 25.1 Å². The minimum atomic E-state index is -0.0739. The van der Waals surface area contributed by atoms with Gasteiger partial charge in [0.2, 0.25) is 0 Å². The van der Waals surface area contributed by atoms with Gasteiger partial charge < -0.3 is 10.3 Å². The van der Waals surface area contributed by atoms with Crippen LogP contribution in [0.25, 0.3) is 10.2 Å². The average Bonchev–Trinajstić information content (AvgIpc) is 3.08. The van der Waals surface area contributed by atoms with Crippen molar-refractivity contribution in [2.24, 2.45) is 7.05 Å². The van der Waals surface area contributed by atoms with E-state index >= 15 is 0 Å². The Bertz CT molecular complexity index is 690. The van der Waals surface area contributed by atoms with Crippen molar-refractivity contribution in [3.63, 3.8) is 0 Å². The highest BCUT2D eigenvalue weighted by molar-refractivity contribution is 7.20. The first-order chi connectivity index (χ1) is 9.15. The number of fused-ring (bicyclic) bond motifs is 1. The number of aryl methyl sites for hydroxylation is 2. The van der Waals surface area contributed by atoms with E-state index in [1.807, 2.05) is 20.0 Å². The molecule has 0 aliphatic heterocycles. The van der Waals surface area contributed by atoms with E-state index < -0.39 is 0 Å². The van der Waals surface area contributed by atoms with Crippen molar-refractivity contribution in [3.05, 3.63) is 34.9 Å². The van der Waals surface area contributed by atoms with Crippen molar-refractivity contribution < 1.29 is 4.79 Å². The summed E-state index contributed by atoms with van der Waals surface area (Å²) in [6.45, 7) is 2.39. The van der Waals surface area contributed by atoms with Crippen molar-refractivity contribution in [2.45, 2.75) is 13.5 Å². The number of aromatic amines is 1. The number of carbonyl (C=O) groups is 1. The van der Waals surface area contributed by atoms with Gasteiger partial charge in [-0.1, -0.05) is 0 Å². The molecule has 0 saturated carbocycles. The second-order valence-electron chi connectivity index (χ2n) is 4.30. The Labute approximate surface area is 113 Å². The summed E-state index contributed by atoms with van der Waals surface area (Å²) >= 11 is 1.45. The molecule has 0 spiro atoms. The third kappa shape index (κ3) is 2.12. The molecule has 1 amide bonds. The summed E-state index contributed by atoms with van der Waals surface area (Å²) in [6, 6.07) is 1.89. The predicted octanol–water partition coefficient (Wildman–Crippen LogP) is 1.60. The lowest BCUT2D eigenvalue weighted by Gasteiger charge is -2.00. The van der Waals surface area contributed by atoms with Crippen LogP contribution in [-0.2, 0) is 13.6 Å². The molecule has 0 unspecified atom stereocenters. The number of H-pyrrole nitrogens is 1. The first kappa shape index (κ1) is 11.9. The average molecular weight is 275 g/mol. The fourth-order valence-corrected chi connectivity index (χ4v) is 3.00. The van der Waals surface area contributed by atoms with Crippen LogP contribution < -0.4 is 5.32 Å². The number of aromatic nitrogens is 4. The number of hydrogen-bond acceptors (Lipinski definition) is 4. The molecule has 6 nitrogen and oxygen atoms in total. The first-order valence-electron chi connectivity index (χ1n) is 5.84. The zero-order valence-electron chi connectivity index (χ0n) is 10.6. The minimum absolute atomic E-state index is 0.0739. The maximum atomic E-state index is 12.1. The van der Waals surface area contributed by atoms with Crippen LogP contribution >= 0.6 is 11.3 Å². The van der Waals surface area contributed by atoms with E-state index in [2.05, 4.69) is 20.4 Å². The Hall–Kier alpha value is -2.15. The molecule has 0 fully saturated rings. The van der Waals surface area contributed by atoms with Crippen molar-refractivity contribution >= 4 is 27.5 Å². The number of nitrogens with one attached hydrogen (secondary N) is 2. The highest BCUT2D eigenvalue weighted by atomic mass is 32.1. The summed E-state index contributed by atoms with van der Waals surface area (Å²) in [6.07, 6.45) is 3.29. The normalized spacial score (nSPS) is 11.1. The van der Waals surface area contributed by atoms with E-state index in [0.717, 1.165) is 21.6 Å². The molecule has 0 bridgehead atoms. The van der Waals surface area contributed by atoms with Crippen LogP contribution in [0.4, 0.5) is 0 Å². The van der Waals surface area contributed by atoms with Crippen LogP contribution in [0.3, 0.4) is 0 Å². The third-order valence-corrected chi connectivity index (χ3v) is 4.11. The topological polar surface area (TPSA) is 75.6 Å². The van der Waals surface area contributed by atoms with Gasteiger partial charge in [0.25, 0.3) is 5.91 Å². The van der Waals surface area contributed by atoms with E-state index in [4.69, 9.17) is 0 Å². The maximum absolute atomic E-state index is 12.1. The summed E-state index contributed by atoms with van der Waals surface area (Å²) in [5.41, 5.74) is 1.83. The minimum Gasteiger partial charge on any atom is -0.347 e. The number of rotatable bonds is 3. The second-order valence-corrected chi connectivity index (χ2v) is 5.33. The van der Waals surface area contributed by atoms with E-state index in [0.29, 0.717) is 11.4 Å². The number of carbonyl (C=O) groups excluding carboxylic acids is 1. The molecule has 2 N–H and O–H groups in total. The van der Waals surface area contributed by atoms with Gasteiger partial charge in [0, 0.05) is 18.6 Å². The predicted molar refractivity (Wildman–Crippen MR) is 73.1 cm³/mol. The van der Waals surface area contributed by atoms with Gasteiger partial charge in [0.15, 0.2) is 0 Å². The van der Waals surface area contributed by atoms with Crippen LogP contribution in [0.2, 0.25) is 0 Å². The molecule has 7 heteroatoms. The molecule has 0 saturated heterocycles. The number of nitrogens with zero attached hydrogens (tertiary/aromatic N) is 3. The quantitative estimate of drug-likeness (QED) is 0.762. The van der Waals surface area contributed by atoms with Crippen LogP contribution in [-0.4, -0.2) is 25.7 Å². The largest absolute Gasteiger partial charge is 0.347 e. The Kier molecular flexibility index (Phi) is 2.83. The summed E-state index contributed by atoms with van der Waals surface area (Å²) in [7, 11) is 1.89. The van der Waals surface area contributed by atoms with E-state index in [-0.39, 0.29) is 5.91 Å². The Morgan fingerprint density at radius 3 is 3.11 bits per heavy atom. The van der Waals surface area contributed by atoms with E-state index in [9.17, 15) is 4.79 Å². The smallest absolute Gasteiger partial charge is 0.261 e. The monoisotopic (exact) mass is 275 g/mol. The van der Waals surface area contributed by atoms with Gasteiger partial charge >= 0.3 is 0 Å². The molecular formula is C12H13N5OS. The Morgan fingerprint density at radius 1 is 1.58 bits per heavy atom. The lowest BCUT2D eigenvalue weighted by Crippen LogP contribution is -2.21. The fourth-order valence-electron chi connectivity index (χ4n) is 1.96. The molecule has 0 aliphatic rings. The molecular weight excluding hydrogens is 262 g/mol. The summed E-state index contributed by atoms with van der Waals surface area (Å²) in [5, 5.41) is 8.22. The number of hydrogen-bond donors (Lipinski definition) is 2. The number of imidazole rings is 1. The van der Waals surface area contributed by atoms with Crippen LogP contribution in [0.5, 0.6) is 0 Å². The van der Waals surface area contributed by atoms with E-state index in [1.165, 1.54) is 11.3 Å². The molecule has 0 aromatic carbocycles. The van der Waals surface area contributed by atoms with Gasteiger partial charge in [0.05, 0.1) is 29.1 Å². The molecule has 3 aromatic heterocycles. The molecule has 0 atom stereocenters. The Morgan fingerprint density at radius 2 is 2.42 bits per heavy atom. The molecule has 19 heavy (non-hydrogen) atoms. The van der Waals surface area contributed by atoms with Gasteiger partial charge in [-0.05, 0) is 13.0 Å². The molecule has 3 rings (SSSR count). The molecule has 3 heterocycles. The summed E-state index contributed by atoms with van der Waals surface area (Å²) in [5.74, 6) is -0.0739.